The monoisotopic (exact) mass is 483 g/mol. The number of benzene rings is 2. The Morgan fingerprint density at radius 2 is 1.86 bits per heavy atom. The summed E-state index contributed by atoms with van der Waals surface area (Å²) in [5, 5.41) is 8.23. The van der Waals surface area contributed by atoms with Crippen molar-refractivity contribution in [2.75, 3.05) is 6.54 Å². The van der Waals surface area contributed by atoms with Crippen molar-refractivity contribution in [2.45, 2.75) is 18.8 Å². The number of ether oxygens (including phenoxy) is 1. The van der Waals surface area contributed by atoms with Crippen LogP contribution in [-0.2, 0) is 16.1 Å². The summed E-state index contributed by atoms with van der Waals surface area (Å²) in [6.45, 7) is 0.267. The van der Waals surface area contributed by atoms with Crippen LogP contribution in [0.15, 0.2) is 73.2 Å². The standard InChI is InChI=1S/C24H20F3N5O3/c25-24(26,27)23(34)35-20(16-4-2-10-29-12-16)13-30-11-15-6-8-18(9-7-15)32-14-17-3-1-5-19(22(28)33)21(17)31-32/h1-10,12,14,20,30H,11,13H2,(H2,28,33). The molecule has 35 heavy (non-hydrogen) atoms. The number of halogens is 3. The van der Waals surface area contributed by atoms with Gasteiger partial charge in [-0.1, -0.05) is 30.3 Å². The lowest BCUT2D eigenvalue weighted by molar-refractivity contribution is -0.205. The van der Waals surface area contributed by atoms with Crippen LogP contribution in [0.5, 0.6) is 0 Å². The molecule has 3 N–H and O–H groups in total. The van der Waals surface area contributed by atoms with Crippen molar-refractivity contribution in [1.29, 1.82) is 0 Å². The van der Waals surface area contributed by atoms with Crippen LogP contribution in [0.2, 0.25) is 0 Å². The number of carbonyl (C=O) groups excluding carboxylic acids is 2. The van der Waals surface area contributed by atoms with E-state index >= 15 is 0 Å². The fraction of sp³-hybridized carbons (Fsp3) is 0.167. The molecule has 2 aromatic carbocycles. The van der Waals surface area contributed by atoms with Crippen LogP contribution in [-0.4, -0.2) is 39.4 Å². The van der Waals surface area contributed by atoms with Crippen molar-refractivity contribution < 1.29 is 27.5 Å². The maximum absolute atomic E-state index is 12.7. The van der Waals surface area contributed by atoms with Gasteiger partial charge in [-0.3, -0.25) is 9.78 Å². The minimum Gasteiger partial charge on any atom is -0.449 e. The van der Waals surface area contributed by atoms with Gasteiger partial charge in [-0.2, -0.15) is 18.3 Å². The van der Waals surface area contributed by atoms with Gasteiger partial charge in [-0.05, 0) is 29.8 Å². The maximum atomic E-state index is 12.7. The van der Waals surface area contributed by atoms with Crippen molar-refractivity contribution in [3.05, 3.63) is 89.9 Å². The minimum absolute atomic E-state index is 0.0459. The molecule has 2 aromatic heterocycles. The minimum atomic E-state index is -5.09. The Bertz CT molecular complexity index is 1340. The largest absolute Gasteiger partial charge is 0.490 e. The number of primary amides is 1. The van der Waals surface area contributed by atoms with Crippen LogP contribution < -0.4 is 11.1 Å². The molecule has 0 saturated heterocycles. The van der Waals surface area contributed by atoms with Crippen LogP contribution in [0.3, 0.4) is 0 Å². The van der Waals surface area contributed by atoms with Gasteiger partial charge in [0.2, 0.25) is 0 Å². The van der Waals surface area contributed by atoms with Gasteiger partial charge < -0.3 is 15.8 Å². The number of aromatic nitrogens is 3. The number of hydrogen-bond donors (Lipinski definition) is 2. The van der Waals surface area contributed by atoms with Gasteiger partial charge in [0.1, 0.15) is 11.6 Å². The molecule has 4 rings (SSSR count). The molecule has 1 atom stereocenters. The number of nitrogens with zero attached hydrogens (tertiary/aromatic N) is 3. The first-order valence-corrected chi connectivity index (χ1v) is 10.5. The number of nitrogens with two attached hydrogens (primary N) is 1. The number of rotatable bonds is 8. The van der Waals surface area contributed by atoms with Gasteiger partial charge in [-0.25, -0.2) is 9.48 Å². The van der Waals surface area contributed by atoms with Crippen LogP contribution in [0.4, 0.5) is 13.2 Å². The number of pyridine rings is 1. The van der Waals surface area contributed by atoms with Crippen LogP contribution >= 0.6 is 0 Å². The van der Waals surface area contributed by atoms with Gasteiger partial charge in [-0.15, -0.1) is 0 Å². The highest BCUT2D eigenvalue weighted by Crippen LogP contribution is 2.24. The third-order valence-electron chi connectivity index (χ3n) is 5.20. The topological polar surface area (TPSA) is 112 Å². The van der Waals surface area contributed by atoms with Crippen molar-refractivity contribution in [1.82, 2.24) is 20.1 Å². The summed E-state index contributed by atoms with van der Waals surface area (Å²) >= 11 is 0. The van der Waals surface area contributed by atoms with Crippen LogP contribution in [0.1, 0.15) is 27.6 Å². The van der Waals surface area contributed by atoms with Gasteiger partial charge in [0.25, 0.3) is 5.91 Å². The smallest absolute Gasteiger partial charge is 0.449 e. The molecule has 4 aromatic rings. The van der Waals surface area contributed by atoms with E-state index in [1.807, 2.05) is 30.3 Å². The molecule has 1 unspecified atom stereocenters. The second-order valence-electron chi connectivity index (χ2n) is 7.66. The number of hydrogen-bond acceptors (Lipinski definition) is 6. The van der Waals surface area contributed by atoms with E-state index in [1.165, 1.54) is 18.5 Å². The predicted octanol–water partition coefficient (Wildman–Crippen LogP) is 3.46. The van der Waals surface area contributed by atoms with E-state index < -0.39 is 24.2 Å². The highest BCUT2D eigenvalue weighted by Gasteiger charge is 2.42. The Morgan fingerprint density at radius 3 is 2.51 bits per heavy atom. The molecular formula is C24H20F3N5O3. The van der Waals surface area contributed by atoms with E-state index in [9.17, 15) is 22.8 Å². The van der Waals surface area contributed by atoms with E-state index in [0.717, 1.165) is 16.6 Å². The summed E-state index contributed by atoms with van der Waals surface area (Å²) in [6, 6.07) is 15.5. The Hall–Kier alpha value is -4.25. The Morgan fingerprint density at radius 1 is 1.09 bits per heavy atom. The van der Waals surface area contributed by atoms with Gasteiger partial charge in [0.15, 0.2) is 0 Å². The molecule has 1 amide bonds. The second-order valence-corrected chi connectivity index (χ2v) is 7.66. The van der Waals surface area contributed by atoms with Crippen molar-refractivity contribution in [3.8, 4) is 5.69 Å². The Labute approximate surface area is 197 Å². The van der Waals surface area contributed by atoms with Gasteiger partial charge in [0, 0.05) is 42.6 Å². The first-order valence-electron chi connectivity index (χ1n) is 10.5. The third kappa shape index (κ3) is 5.64. The highest BCUT2D eigenvalue weighted by atomic mass is 19.4. The van der Waals surface area contributed by atoms with E-state index in [0.29, 0.717) is 23.2 Å². The second kappa shape index (κ2) is 9.94. The maximum Gasteiger partial charge on any atom is 0.490 e. The molecule has 2 heterocycles. The van der Waals surface area contributed by atoms with Crippen molar-refractivity contribution >= 4 is 22.8 Å². The lowest BCUT2D eigenvalue weighted by Crippen LogP contribution is -2.31. The normalized spacial score (nSPS) is 12.4. The third-order valence-corrected chi connectivity index (χ3v) is 5.20. The summed E-state index contributed by atoms with van der Waals surface area (Å²) in [4.78, 5) is 26.9. The van der Waals surface area contributed by atoms with E-state index in [4.69, 9.17) is 5.73 Å². The van der Waals surface area contributed by atoms with E-state index in [-0.39, 0.29) is 6.54 Å². The zero-order valence-corrected chi connectivity index (χ0v) is 18.2. The van der Waals surface area contributed by atoms with Crippen LogP contribution in [0, 0.1) is 0 Å². The number of esters is 1. The molecule has 0 saturated carbocycles. The molecule has 0 radical (unpaired) electrons. The average molecular weight is 483 g/mol. The summed E-state index contributed by atoms with van der Waals surface area (Å²) in [5.41, 5.74) is 8.18. The zero-order chi connectivity index (χ0) is 25.0. The summed E-state index contributed by atoms with van der Waals surface area (Å²) < 4.78 is 44.3. The van der Waals surface area contributed by atoms with Crippen LogP contribution in [0.25, 0.3) is 16.6 Å². The lowest BCUT2D eigenvalue weighted by atomic mass is 10.1. The summed E-state index contributed by atoms with van der Waals surface area (Å²) in [7, 11) is 0. The molecule has 0 spiro atoms. The predicted molar refractivity (Wildman–Crippen MR) is 120 cm³/mol. The molecule has 0 fully saturated rings. The highest BCUT2D eigenvalue weighted by molar-refractivity contribution is 6.04. The molecule has 0 aliphatic heterocycles. The molecule has 8 nitrogen and oxygen atoms in total. The van der Waals surface area contributed by atoms with Gasteiger partial charge in [0.05, 0.1) is 11.3 Å². The average Bonchev–Trinajstić information content (AvgIpc) is 3.28. The molecular weight excluding hydrogens is 463 g/mol. The quantitative estimate of drug-likeness (QED) is 0.371. The molecule has 11 heteroatoms. The SMILES string of the molecule is NC(=O)c1cccc2cn(-c3ccc(CNCC(OC(=O)C(F)(F)F)c4cccnc4)cc3)nc12. The summed E-state index contributed by atoms with van der Waals surface area (Å²) in [5.74, 6) is -2.82. The lowest BCUT2D eigenvalue weighted by Gasteiger charge is -2.19. The zero-order valence-electron chi connectivity index (χ0n) is 18.2. The number of fused-ring (bicyclic) bond motifs is 1. The Balaban J connectivity index is 1.43. The fourth-order valence-electron chi connectivity index (χ4n) is 3.48. The first kappa shape index (κ1) is 23.9. The number of amides is 1. The number of carbonyl (C=O) groups is 2. The number of nitrogens with one attached hydrogen (secondary N) is 1. The molecule has 0 bridgehead atoms. The summed E-state index contributed by atoms with van der Waals surface area (Å²) in [6.07, 6.45) is -1.65. The van der Waals surface area contributed by atoms with Crippen molar-refractivity contribution in [2.24, 2.45) is 5.73 Å². The Kier molecular flexibility index (Phi) is 6.78. The van der Waals surface area contributed by atoms with Crippen molar-refractivity contribution in [3.63, 3.8) is 0 Å². The fourth-order valence-corrected chi connectivity index (χ4v) is 3.48. The van der Waals surface area contributed by atoms with E-state index in [1.54, 1.807) is 29.1 Å². The molecule has 0 aliphatic rings. The van der Waals surface area contributed by atoms with E-state index in [2.05, 4.69) is 20.1 Å². The van der Waals surface area contributed by atoms with Gasteiger partial charge >= 0.3 is 12.1 Å². The first-order chi connectivity index (χ1) is 16.7. The number of alkyl halides is 3. The molecule has 180 valence electrons. The molecule has 0 aliphatic carbocycles.